The van der Waals surface area contributed by atoms with Gasteiger partial charge in [0.25, 0.3) is 5.69 Å². The average Bonchev–Trinajstić information content (AvgIpc) is 2.46. The molecule has 0 unspecified atom stereocenters. The second-order valence-corrected chi connectivity index (χ2v) is 5.41. The molecular weight excluding hydrogens is 362 g/mol. The van der Waals surface area contributed by atoms with Gasteiger partial charge >= 0.3 is 0 Å². The fourth-order valence-electron chi connectivity index (χ4n) is 1.59. The van der Waals surface area contributed by atoms with Crippen molar-refractivity contribution in [2.45, 2.75) is 0 Å². The molecule has 108 valence electrons. The van der Waals surface area contributed by atoms with Crippen LogP contribution in [0.25, 0.3) is 0 Å². The molecule has 21 heavy (non-hydrogen) atoms. The molecule has 0 aliphatic heterocycles. The lowest BCUT2D eigenvalue weighted by Gasteiger charge is -2.07. The number of carbonyl (C=O) groups is 1. The number of halogens is 2. The first-order valence-electron chi connectivity index (χ1n) is 5.83. The number of carbonyl (C=O) groups excluding carboxylic acids is 1. The van der Waals surface area contributed by atoms with Gasteiger partial charge in [-0.05, 0) is 30.3 Å². The number of benzene rings is 2. The second kappa shape index (κ2) is 6.69. The number of ether oxygens (including phenoxy) is 1. The summed E-state index contributed by atoms with van der Waals surface area (Å²) in [5.74, 6) is 0.110. The lowest BCUT2D eigenvalue weighted by Crippen LogP contribution is -2.11. The Labute approximate surface area is 133 Å². The maximum absolute atomic E-state index is 11.9. The van der Waals surface area contributed by atoms with E-state index in [9.17, 15) is 14.9 Å². The number of hydrogen-bond acceptors (Lipinski definition) is 4. The van der Waals surface area contributed by atoms with E-state index < -0.39 is 4.92 Å². The van der Waals surface area contributed by atoms with E-state index in [-0.39, 0.29) is 18.1 Å². The molecule has 0 saturated heterocycles. The van der Waals surface area contributed by atoms with Crippen LogP contribution in [-0.2, 0) is 0 Å². The Morgan fingerprint density at radius 2 is 1.90 bits per heavy atom. The van der Waals surface area contributed by atoms with Gasteiger partial charge in [-0.15, -0.1) is 0 Å². The van der Waals surface area contributed by atoms with Gasteiger partial charge in [-0.25, -0.2) is 0 Å². The van der Waals surface area contributed by atoms with Crippen molar-refractivity contribution in [3.05, 3.63) is 67.6 Å². The number of hydrogen-bond donors (Lipinski definition) is 0. The first-order chi connectivity index (χ1) is 9.97. The Morgan fingerprint density at radius 1 is 1.24 bits per heavy atom. The molecule has 0 saturated carbocycles. The van der Waals surface area contributed by atoms with Crippen LogP contribution in [0.2, 0.25) is 5.02 Å². The van der Waals surface area contributed by atoms with Gasteiger partial charge in [0.1, 0.15) is 5.75 Å². The Morgan fingerprint density at radius 3 is 2.48 bits per heavy atom. The minimum atomic E-state index is -0.521. The van der Waals surface area contributed by atoms with Gasteiger partial charge < -0.3 is 4.74 Å². The maximum Gasteiger partial charge on any atom is 0.269 e. The van der Waals surface area contributed by atoms with E-state index in [0.29, 0.717) is 16.3 Å². The molecule has 0 aliphatic rings. The standard InChI is InChI=1S/C14H9BrClNO4/c15-10-3-6-14(12(16)7-10)21-8-13(18)9-1-4-11(5-2-9)17(19)20/h1-7H,8H2. The van der Waals surface area contributed by atoms with Crippen molar-refractivity contribution < 1.29 is 14.5 Å². The van der Waals surface area contributed by atoms with E-state index in [1.807, 2.05) is 0 Å². The van der Waals surface area contributed by atoms with Crippen LogP contribution in [0, 0.1) is 10.1 Å². The van der Waals surface area contributed by atoms with Crippen LogP contribution in [0.5, 0.6) is 5.75 Å². The van der Waals surface area contributed by atoms with Crippen LogP contribution < -0.4 is 4.74 Å². The van der Waals surface area contributed by atoms with Crippen molar-refractivity contribution in [2.24, 2.45) is 0 Å². The zero-order valence-corrected chi connectivity index (χ0v) is 12.9. The number of nitro benzene ring substituents is 1. The van der Waals surface area contributed by atoms with Crippen molar-refractivity contribution in [1.29, 1.82) is 0 Å². The molecule has 5 nitrogen and oxygen atoms in total. The third-order valence-corrected chi connectivity index (χ3v) is 3.44. The predicted octanol–water partition coefficient (Wildman–Crippen LogP) is 4.27. The summed E-state index contributed by atoms with van der Waals surface area (Å²) < 4.78 is 6.16. The molecule has 0 fully saturated rings. The highest BCUT2D eigenvalue weighted by molar-refractivity contribution is 9.10. The van der Waals surface area contributed by atoms with Crippen LogP contribution in [0.4, 0.5) is 5.69 Å². The summed E-state index contributed by atoms with van der Waals surface area (Å²) in [4.78, 5) is 21.9. The SMILES string of the molecule is O=C(COc1ccc(Br)cc1Cl)c1ccc([N+](=O)[O-])cc1. The maximum atomic E-state index is 11.9. The van der Waals surface area contributed by atoms with Crippen LogP contribution in [0.15, 0.2) is 46.9 Å². The quantitative estimate of drug-likeness (QED) is 0.448. The van der Waals surface area contributed by atoms with E-state index >= 15 is 0 Å². The number of non-ortho nitro benzene ring substituents is 1. The summed E-state index contributed by atoms with van der Waals surface area (Å²) in [6.45, 7) is -0.195. The molecule has 7 heteroatoms. The molecule has 2 rings (SSSR count). The second-order valence-electron chi connectivity index (χ2n) is 4.09. The molecule has 0 heterocycles. The highest BCUT2D eigenvalue weighted by atomic mass is 79.9. The smallest absolute Gasteiger partial charge is 0.269 e. The molecular formula is C14H9BrClNO4. The molecule has 2 aromatic carbocycles. The molecule has 0 spiro atoms. The number of rotatable bonds is 5. The summed E-state index contributed by atoms with van der Waals surface area (Å²) in [5.41, 5.74) is 0.275. The van der Waals surface area contributed by atoms with E-state index in [2.05, 4.69) is 15.9 Å². The Kier molecular flexibility index (Phi) is 4.93. The molecule has 0 bridgehead atoms. The lowest BCUT2D eigenvalue weighted by molar-refractivity contribution is -0.384. The lowest BCUT2D eigenvalue weighted by atomic mass is 10.1. The normalized spacial score (nSPS) is 10.2. The topological polar surface area (TPSA) is 69.4 Å². The Balaban J connectivity index is 2.02. The van der Waals surface area contributed by atoms with Gasteiger partial charge in [0, 0.05) is 22.2 Å². The number of nitrogens with zero attached hydrogens (tertiary/aromatic N) is 1. The molecule has 0 aromatic heterocycles. The predicted molar refractivity (Wildman–Crippen MR) is 82.1 cm³/mol. The van der Waals surface area contributed by atoms with Crippen LogP contribution >= 0.6 is 27.5 Å². The fourth-order valence-corrected chi connectivity index (χ4v) is 2.32. The molecule has 0 N–H and O–H groups in total. The number of nitro groups is 1. The largest absolute Gasteiger partial charge is 0.484 e. The minimum Gasteiger partial charge on any atom is -0.484 e. The highest BCUT2D eigenvalue weighted by Gasteiger charge is 2.11. The molecule has 2 aromatic rings. The summed E-state index contributed by atoms with van der Waals surface area (Å²) in [6, 6.07) is 10.4. The summed E-state index contributed by atoms with van der Waals surface area (Å²) >= 11 is 9.24. The van der Waals surface area contributed by atoms with Crippen molar-refractivity contribution in [3.8, 4) is 5.75 Å². The van der Waals surface area contributed by atoms with Crippen molar-refractivity contribution in [2.75, 3.05) is 6.61 Å². The van der Waals surface area contributed by atoms with Gasteiger partial charge in [-0.1, -0.05) is 27.5 Å². The van der Waals surface area contributed by atoms with E-state index in [1.165, 1.54) is 24.3 Å². The van der Waals surface area contributed by atoms with E-state index in [4.69, 9.17) is 16.3 Å². The zero-order chi connectivity index (χ0) is 15.4. The molecule has 0 aliphatic carbocycles. The highest BCUT2D eigenvalue weighted by Crippen LogP contribution is 2.27. The van der Waals surface area contributed by atoms with Crippen molar-refractivity contribution in [1.82, 2.24) is 0 Å². The Bertz CT molecular complexity index is 688. The third kappa shape index (κ3) is 4.03. The minimum absolute atomic E-state index is 0.0663. The summed E-state index contributed by atoms with van der Waals surface area (Å²) in [7, 11) is 0. The van der Waals surface area contributed by atoms with Crippen LogP contribution in [-0.4, -0.2) is 17.3 Å². The van der Waals surface area contributed by atoms with Crippen LogP contribution in [0.1, 0.15) is 10.4 Å². The van der Waals surface area contributed by atoms with Crippen LogP contribution in [0.3, 0.4) is 0 Å². The first kappa shape index (κ1) is 15.5. The van der Waals surface area contributed by atoms with Crippen molar-refractivity contribution >= 4 is 39.0 Å². The van der Waals surface area contributed by atoms with Crippen molar-refractivity contribution in [3.63, 3.8) is 0 Å². The first-order valence-corrected chi connectivity index (χ1v) is 7.00. The van der Waals surface area contributed by atoms with Gasteiger partial charge in [-0.3, -0.25) is 14.9 Å². The third-order valence-electron chi connectivity index (χ3n) is 2.65. The average molecular weight is 371 g/mol. The monoisotopic (exact) mass is 369 g/mol. The number of ketones is 1. The molecule has 0 amide bonds. The molecule has 0 atom stereocenters. The summed E-state index contributed by atoms with van der Waals surface area (Å²) in [6.07, 6.45) is 0. The van der Waals surface area contributed by atoms with Gasteiger partial charge in [0.15, 0.2) is 12.4 Å². The van der Waals surface area contributed by atoms with Gasteiger partial charge in [0.05, 0.1) is 9.95 Å². The number of Topliss-reactive ketones (excluding diaryl/α,β-unsaturated/α-hetero) is 1. The van der Waals surface area contributed by atoms with E-state index in [1.54, 1.807) is 18.2 Å². The van der Waals surface area contributed by atoms with Gasteiger partial charge in [-0.2, -0.15) is 0 Å². The zero-order valence-electron chi connectivity index (χ0n) is 10.6. The Hall–Kier alpha value is -1.92. The fraction of sp³-hybridized carbons (Fsp3) is 0.0714. The molecule has 0 radical (unpaired) electrons. The summed E-state index contributed by atoms with van der Waals surface area (Å²) in [5, 5.41) is 10.9. The van der Waals surface area contributed by atoms with E-state index in [0.717, 1.165) is 4.47 Å². The van der Waals surface area contributed by atoms with Gasteiger partial charge in [0.2, 0.25) is 0 Å².